The average Bonchev–Trinajstić information content (AvgIpc) is 2.57. The summed E-state index contributed by atoms with van der Waals surface area (Å²) < 4.78 is 26.7. The van der Waals surface area contributed by atoms with Crippen LogP contribution in [0.15, 0.2) is 30.3 Å². The first-order valence-electron chi connectivity index (χ1n) is 6.75. The second-order valence-electron chi connectivity index (χ2n) is 4.67. The fourth-order valence-electron chi connectivity index (χ4n) is 1.87. The van der Waals surface area contributed by atoms with Gasteiger partial charge in [0.1, 0.15) is 12.6 Å². The van der Waals surface area contributed by atoms with Crippen LogP contribution in [-0.2, 0) is 29.8 Å². The number of alkyl carbamates (subject to hydrolysis) is 1. The lowest BCUT2D eigenvalue weighted by Crippen LogP contribution is -2.47. The fraction of sp³-hybridized carbons (Fsp3) is 0.429. The summed E-state index contributed by atoms with van der Waals surface area (Å²) >= 11 is 0. The zero-order chi connectivity index (χ0) is 17.5. The van der Waals surface area contributed by atoms with Crippen LogP contribution in [0.5, 0.6) is 0 Å². The quantitative estimate of drug-likeness (QED) is 0.695. The number of hydrogen-bond donors (Lipinski definition) is 2. The molecule has 0 aliphatic heterocycles. The number of amides is 1. The summed E-state index contributed by atoms with van der Waals surface area (Å²) in [6, 6.07) is 7.42. The van der Waals surface area contributed by atoms with Crippen LogP contribution in [0.3, 0.4) is 0 Å². The summed E-state index contributed by atoms with van der Waals surface area (Å²) in [7, 11) is -1.37. The second kappa shape index (κ2) is 8.67. The summed E-state index contributed by atoms with van der Waals surface area (Å²) in [6.45, 7) is 1.34. The molecule has 0 radical (unpaired) electrons. The van der Waals surface area contributed by atoms with Crippen molar-refractivity contribution < 1.29 is 33.0 Å². The molecule has 0 aromatic heterocycles. The predicted molar refractivity (Wildman–Crippen MR) is 82.3 cm³/mol. The minimum Gasteiger partial charge on any atom is -0.480 e. The lowest BCUT2D eigenvalue weighted by molar-refractivity contribution is -0.139. The number of carboxylic acid groups (broad SMARTS) is 1. The Bertz CT molecular complexity index is 570. The van der Waals surface area contributed by atoms with Crippen molar-refractivity contribution in [1.29, 1.82) is 0 Å². The smallest absolute Gasteiger partial charge is 0.408 e. The van der Waals surface area contributed by atoms with Gasteiger partial charge in [-0.2, -0.15) is 0 Å². The molecule has 0 bridgehead atoms. The summed E-state index contributed by atoms with van der Waals surface area (Å²) in [5.41, 5.74) is -0.346. The standard InChI is InChI=1S/C14H20NO7P/c1-10(23(19,20-2)21-3)12(13(16)17)15-14(18)22-9-11-7-5-4-6-8-11/h4-8,10,12H,9H2,1-3H3,(H,15,18)(H,16,17). The third-order valence-electron chi connectivity index (χ3n) is 3.24. The molecule has 0 aliphatic rings. The maximum absolute atomic E-state index is 12.3. The van der Waals surface area contributed by atoms with E-state index in [0.29, 0.717) is 0 Å². The Kier molecular flexibility index (Phi) is 7.22. The molecule has 0 saturated heterocycles. The molecule has 1 rings (SSSR count). The fourth-order valence-corrected chi connectivity index (χ4v) is 3.25. The Labute approximate surface area is 134 Å². The van der Waals surface area contributed by atoms with E-state index in [0.717, 1.165) is 19.8 Å². The van der Waals surface area contributed by atoms with E-state index in [1.165, 1.54) is 6.92 Å². The van der Waals surface area contributed by atoms with Crippen molar-refractivity contribution >= 4 is 19.7 Å². The highest BCUT2D eigenvalue weighted by molar-refractivity contribution is 7.54. The minimum atomic E-state index is -3.67. The molecule has 2 unspecified atom stereocenters. The van der Waals surface area contributed by atoms with Crippen LogP contribution >= 0.6 is 7.60 Å². The van der Waals surface area contributed by atoms with Crippen LogP contribution in [0.1, 0.15) is 12.5 Å². The summed E-state index contributed by atoms with van der Waals surface area (Å²) in [5, 5.41) is 11.4. The van der Waals surface area contributed by atoms with E-state index in [4.69, 9.17) is 13.8 Å². The number of rotatable bonds is 8. The van der Waals surface area contributed by atoms with Crippen LogP contribution in [0.2, 0.25) is 0 Å². The van der Waals surface area contributed by atoms with E-state index in [2.05, 4.69) is 5.32 Å². The lowest BCUT2D eigenvalue weighted by atomic mass is 10.2. The lowest BCUT2D eigenvalue weighted by Gasteiger charge is -2.26. The Hall–Kier alpha value is -1.89. The molecule has 1 amide bonds. The first kappa shape index (κ1) is 19.2. The predicted octanol–water partition coefficient (Wildman–Crippen LogP) is 2.24. The van der Waals surface area contributed by atoms with Crippen molar-refractivity contribution in [2.24, 2.45) is 0 Å². The van der Waals surface area contributed by atoms with Crippen LogP contribution in [0.25, 0.3) is 0 Å². The third-order valence-corrected chi connectivity index (χ3v) is 5.56. The van der Waals surface area contributed by atoms with Gasteiger partial charge in [0.2, 0.25) is 0 Å². The number of hydrogen-bond acceptors (Lipinski definition) is 6. The highest BCUT2D eigenvalue weighted by Crippen LogP contribution is 2.52. The van der Waals surface area contributed by atoms with Crippen molar-refractivity contribution in [2.45, 2.75) is 25.2 Å². The van der Waals surface area contributed by atoms with E-state index in [1.807, 2.05) is 6.07 Å². The number of carbonyl (C=O) groups excluding carboxylic acids is 1. The Balaban J connectivity index is 2.70. The monoisotopic (exact) mass is 345 g/mol. The van der Waals surface area contributed by atoms with Gasteiger partial charge in [-0.3, -0.25) is 4.57 Å². The topological polar surface area (TPSA) is 111 Å². The van der Waals surface area contributed by atoms with E-state index in [9.17, 15) is 19.3 Å². The van der Waals surface area contributed by atoms with E-state index in [1.54, 1.807) is 24.3 Å². The molecule has 23 heavy (non-hydrogen) atoms. The zero-order valence-corrected chi connectivity index (χ0v) is 14.0. The minimum absolute atomic E-state index is 0.0143. The first-order chi connectivity index (χ1) is 10.8. The van der Waals surface area contributed by atoms with Gasteiger partial charge in [-0.05, 0) is 12.5 Å². The van der Waals surface area contributed by atoms with Gasteiger partial charge in [-0.25, -0.2) is 9.59 Å². The van der Waals surface area contributed by atoms with E-state index in [-0.39, 0.29) is 6.61 Å². The number of nitrogens with one attached hydrogen (secondary N) is 1. The van der Waals surface area contributed by atoms with Gasteiger partial charge in [0.05, 0.1) is 5.66 Å². The van der Waals surface area contributed by atoms with Gasteiger partial charge < -0.3 is 24.2 Å². The Morgan fingerprint density at radius 3 is 2.26 bits per heavy atom. The average molecular weight is 345 g/mol. The van der Waals surface area contributed by atoms with Crippen molar-refractivity contribution in [3.05, 3.63) is 35.9 Å². The molecule has 2 N–H and O–H groups in total. The first-order valence-corrected chi connectivity index (χ1v) is 8.36. The van der Waals surface area contributed by atoms with Crippen molar-refractivity contribution in [1.82, 2.24) is 5.32 Å². The van der Waals surface area contributed by atoms with Crippen LogP contribution in [0.4, 0.5) is 4.79 Å². The maximum Gasteiger partial charge on any atom is 0.408 e. The largest absolute Gasteiger partial charge is 0.480 e. The molecule has 0 spiro atoms. The number of carbonyl (C=O) groups is 2. The third kappa shape index (κ3) is 5.35. The Morgan fingerprint density at radius 2 is 1.78 bits per heavy atom. The summed E-state index contributed by atoms with van der Waals surface area (Å²) in [5.74, 6) is -1.37. The van der Waals surface area contributed by atoms with Gasteiger partial charge in [0.25, 0.3) is 0 Å². The van der Waals surface area contributed by atoms with Crippen molar-refractivity contribution in [3.63, 3.8) is 0 Å². The van der Waals surface area contributed by atoms with E-state index >= 15 is 0 Å². The molecule has 1 aromatic rings. The molecule has 1 aromatic carbocycles. The van der Waals surface area contributed by atoms with Crippen LogP contribution in [-0.4, -0.2) is 43.1 Å². The molecule has 0 fully saturated rings. The molecule has 9 heteroatoms. The summed E-state index contributed by atoms with van der Waals surface area (Å²) in [4.78, 5) is 23.1. The number of aliphatic carboxylic acids is 1. The highest BCUT2D eigenvalue weighted by atomic mass is 31.2. The van der Waals surface area contributed by atoms with Crippen LogP contribution in [0, 0.1) is 0 Å². The molecule has 128 valence electrons. The van der Waals surface area contributed by atoms with E-state index < -0.39 is 31.4 Å². The van der Waals surface area contributed by atoms with Gasteiger partial charge >= 0.3 is 19.7 Å². The van der Waals surface area contributed by atoms with Crippen molar-refractivity contribution in [3.8, 4) is 0 Å². The normalized spacial score (nSPS) is 13.9. The van der Waals surface area contributed by atoms with Gasteiger partial charge in [0, 0.05) is 14.2 Å². The molecular formula is C14H20NO7P. The molecule has 2 atom stereocenters. The second-order valence-corrected chi connectivity index (χ2v) is 7.29. The summed E-state index contributed by atoms with van der Waals surface area (Å²) in [6.07, 6.45) is -0.938. The molecule has 0 aliphatic carbocycles. The van der Waals surface area contributed by atoms with Gasteiger partial charge in [-0.15, -0.1) is 0 Å². The van der Waals surface area contributed by atoms with Crippen molar-refractivity contribution in [2.75, 3.05) is 14.2 Å². The Morgan fingerprint density at radius 1 is 1.22 bits per heavy atom. The number of ether oxygens (including phenoxy) is 1. The molecule has 0 heterocycles. The van der Waals surface area contributed by atoms with Gasteiger partial charge in [0.15, 0.2) is 0 Å². The number of carboxylic acids is 1. The van der Waals surface area contributed by atoms with Crippen LogP contribution < -0.4 is 5.32 Å². The molecule has 0 saturated carbocycles. The zero-order valence-electron chi connectivity index (χ0n) is 13.1. The molecule has 8 nitrogen and oxygen atoms in total. The highest BCUT2D eigenvalue weighted by Gasteiger charge is 2.41. The number of benzene rings is 1. The van der Waals surface area contributed by atoms with Gasteiger partial charge in [-0.1, -0.05) is 30.3 Å². The maximum atomic E-state index is 12.3. The SMILES string of the molecule is COP(=O)(OC)C(C)C(NC(=O)OCc1ccccc1)C(=O)O. The molecular weight excluding hydrogens is 325 g/mol.